The summed E-state index contributed by atoms with van der Waals surface area (Å²) in [4.78, 5) is 12.1. The Hall–Kier alpha value is -2.74. The molecular weight excluding hydrogens is 386 g/mol. The molecule has 0 unspecified atom stereocenters. The first-order valence-electron chi connectivity index (χ1n) is 7.58. The Kier molecular flexibility index (Phi) is 5.39. The predicted molar refractivity (Wildman–Crippen MR) is 95.4 cm³/mol. The first kappa shape index (κ1) is 17.1. The second-order valence-corrected chi connectivity index (χ2v) is 6.20. The Morgan fingerprint density at radius 1 is 1.24 bits per heavy atom. The van der Waals surface area contributed by atoms with Gasteiger partial charge in [-0.2, -0.15) is 4.68 Å². The lowest BCUT2D eigenvalue weighted by molar-refractivity contribution is -0.120. The van der Waals surface area contributed by atoms with Crippen molar-refractivity contribution in [1.29, 1.82) is 0 Å². The van der Waals surface area contributed by atoms with E-state index < -0.39 is 0 Å². The van der Waals surface area contributed by atoms with Gasteiger partial charge in [0, 0.05) is 4.47 Å². The zero-order chi connectivity index (χ0) is 17.6. The van der Waals surface area contributed by atoms with Crippen LogP contribution in [0.4, 0.5) is 0 Å². The number of aromatic nitrogens is 4. The van der Waals surface area contributed by atoms with E-state index in [2.05, 4.69) is 36.8 Å². The molecule has 0 saturated carbocycles. The number of nitrogens with one attached hydrogen (secondary N) is 1. The molecule has 1 N–H and O–H groups in total. The zero-order valence-electron chi connectivity index (χ0n) is 13.5. The highest BCUT2D eigenvalue weighted by atomic mass is 79.9. The van der Waals surface area contributed by atoms with Gasteiger partial charge in [-0.15, -0.1) is 5.10 Å². The van der Waals surface area contributed by atoms with E-state index >= 15 is 0 Å². The largest absolute Gasteiger partial charge is 0.497 e. The van der Waals surface area contributed by atoms with Crippen LogP contribution < -0.4 is 10.1 Å². The normalized spacial score (nSPS) is 10.5. The molecule has 0 radical (unpaired) electrons. The van der Waals surface area contributed by atoms with Gasteiger partial charge in [0.05, 0.1) is 25.8 Å². The van der Waals surface area contributed by atoms with Gasteiger partial charge in [-0.05, 0) is 46.3 Å². The number of rotatable bonds is 6. The Morgan fingerprint density at radius 2 is 2.04 bits per heavy atom. The molecule has 0 spiro atoms. The third-order valence-electron chi connectivity index (χ3n) is 3.55. The Balaban J connectivity index is 1.62. The van der Waals surface area contributed by atoms with E-state index in [0.29, 0.717) is 5.82 Å². The molecule has 0 aliphatic rings. The van der Waals surface area contributed by atoms with Gasteiger partial charge in [-0.25, -0.2) is 0 Å². The SMILES string of the molecule is COc1ccc(CC(=O)NCc2nnnn2-c2cccc(Br)c2)cc1. The third kappa shape index (κ3) is 4.42. The van der Waals surface area contributed by atoms with Crippen molar-refractivity contribution in [2.75, 3.05) is 7.11 Å². The Morgan fingerprint density at radius 3 is 2.76 bits per heavy atom. The van der Waals surface area contributed by atoms with Crippen LogP contribution in [-0.4, -0.2) is 33.2 Å². The second kappa shape index (κ2) is 7.89. The van der Waals surface area contributed by atoms with E-state index in [9.17, 15) is 4.79 Å². The van der Waals surface area contributed by atoms with Gasteiger partial charge in [0.15, 0.2) is 5.82 Å². The van der Waals surface area contributed by atoms with Crippen LogP contribution in [0.2, 0.25) is 0 Å². The van der Waals surface area contributed by atoms with Gasteiger partial charge in [-0.1, -0.05) is 34.1 Å². The fourth-order valence-corrected chi connectivity index (χ4v) is 2.68. The van der Waals surface area contributed by atoms with Crippen molar-refractivity contribution in [2.24, 2.45) is 0 Å². The molecule has 0 bridgehead atoms. The molecule has 0 atom stereocenters. The monoisotopic (exact) mass is 401 g/mol. The summed E-state index contributed by atoms with van der Waals surface area (Å²) in [5.74, 6) is 1.22. The van der Waals surface area contributed by atoms with Crippen LogP contribution in [-0.2, 0) is 17.8 Å². The number of tetrazole rings is 1. The van der Waals surface area contributed by atoms with Crippen LogP contribution in [0.15, 0.2) is 53.0 Å². The van der Waals surface area contributed by atoms with Crippen molar-refractivity contribution in [3.8, 4) is 11.4 Å². The van der Waals surface area contributed by atoms with Crippen molar-refractivity contribution in [3.05, 3.63) is 64.4 Å². The number of halogens is 1. The molecule has 3 aromatic rings. The molecule has 1 amide bonds. The Bertz CT molecular complexity index is 863. The van der Waals surface area contributed by atoms with Crippen LogP contribution in [0.5, 0.6) is 5.75 Å². The van der Waals surface area contributed by atoms with Crippen molar-refractivity contribution in [3.63, 3.8) is 0 Å². The van der Waals surface area contributed by atoms with Gasteiger partial charge < -0.3 is 10.1 Å². The van der Waals surface area contributed by atoms with Gasteiger partial charge in [0.25, 0.3) is 0 Å². The van der Waals surface area contributed by atoms with Crippen molar-refractivity contribution in [2.45, 2.75) is 13.0 Å². The molecule has 0 aliphatic carbocycles. The first-order valence-corrected chi connectivity index (χ1v) is 8.38. The molecule has 1 heterocycles. The van der Waals surface area contributed by atoms with Crippen molar-refractivity contribution in [1.82, 2.24) is 25.5 Å². The predicted octanol–water partition coefficient (Wildman–Crippen LogP) is 2.29. The minimum atomic E-state index is -0.103. The summed E-state index contributed by atoms with van der Waals surface area (Å²) in [6.45, 7) is 0.245. The lowest BCUT2D eigenvalue weighted by Crippen LogP contribution is -2.26. The van der Waals surface area contributed by atoms with Crippen molar-refractivity contribution < 1.29 is 9.53 Å². The van der Waals surface area contributed by atoms with E-state index in [1.165, 1.54) is 0 Å². The van der Waals surface area contributed by atoms with Gasteiger partial charge >= 0.3 is 0 Å². The lowest BCUT2D eigenvalue weighted by atomic mass is 10.1. The topological polar surface area (TPSA) is 81.9 Å². The minimum absolute atomic E-state index is 0.103. The van der Waals surface area contributed by atoms with Crippen LogP contribution in [0.3, 0.4) is 0 Å². The van der Waals surface area contributed by atoms with Crippen LogP contribution in [0.25, 0.3) is 5.69 Å². The standard InChI is InChI=1S/C17H16BrN5O2/c1-25-15-7-5-12(6-8-15)9-17(24)19-11-16-20-21-22-23(16)14-4-2-3-13(18)10-14/h2-8,10H,9,11H2,1H3,(H,19,24). The second-order valence-electron chi connectivity index (χ2n) is 5.29. The number of carbonyl (C=O) groups is 1. The highest BCUT2D eigenvalue weighted by molar-refractivity contribution is 9.10. The molecule has 1 aromatic heterocycles. The summed E-state index contributed by atoms with van der Waals surface area (Å²) in [6, 6.07) is 15.0. The number of methoxy groups -OCH3 is 1. The number of nitrogens with zero attached hydrogens (tertiary/aromatic N) is 4. The van der Waals surface area contributed by atoms with E-state index in [4.69, 9.17) is 4.74 Å². The van der Waals surface area contributed by atoms with E-state index in [0.717, 1.165) is 21.5 Å². The molecule has 3 rings (SSSR count). The van der Waals surface area contributed by atoms with E-state index in [1.807, 2.05) is 48.5 Å². The minimum Gasteiger partial charge on any atom is -0.497 e. The molecule has 8 heteroatoms. The molecule has 25 heavy (non-hydrogen) atoms. The molecule has 0 saturated heterocycles. The third-order valence-corrected chi connectivity index (χ3v) is 4.05. The molecule has 0 fully saturated rings. The van der Waals surface area contributed by atoms with Crippen LogP contribution in [0.1, 0.15) is 11.4 Å². The van der Waals surface area contributed by atoms with E-state index in [1.54, 1.807) is 11.8 Å². The first-order chi connectivity index (χ1) is 12.2. The maximum absolute atomic E-state index is 12.1. The highest BCUT2D eigenvalue weighted by Gasteiger charge is 2.10. The quantitative estimate of drug-likeness (QED) is 0.684. The van der Waals surface area contributed by atoms with Crippen LogP contribution >= 0.6 is 15.9 Å². The highest BCUT2D eigenvalue weighted by Crippen LogP contribution is 2.15. The smallest absolute Gasteiger partial charge is 0.224 e. The molecule has 0 aliphatic heterocycles. The average Bonchev–Trinajstić information content (AvgIpc) is 3.09. The fourth-order valence-electron chi connectivity index (χ4n) is 2.29. The summed E-state index contributed by atoms with van der Waals surface area (Å²) < 4.78 is 7.63. The van der Waals surface area contributed by atoms with Crippen LogP contribution in [0, 0.1) is 0 Å². The molecule has 2 aromatic carbocycles. The summed E-state index contributed by atoms with van der Waals surface area (Å²) in [6.07, 6.45) is 0.280. The van der Waals surface area contributed by atoms with Gasteiger partial charge in [-0.3, -0.25) is 4.79 Å². The van der Waals surface area contributed by atoms with Crippen molar-refractivity contribution >= 4 is 21.8 Å². The Labute approximate surface area is 153 Å². The number of ether oxygens (including phenoxy) is 1. The molecule has 128 valence electrons. The maximum Gasteiger partial charge on any atom is 0.224 e. The fraction of sp³-hybridized carbons (Fsp3) is 0.176. The summed E-state index contributed by atoms with van der Waals surface area (Å²) in [5, 5.41) is 14.5. The summed E-state index contributed by atoms with van der Waals surface area (Å²) in [7, 11) is 1.61. The molecular formula is C17H16BrN5O2. The maximum atomic E-state index is 12.1. The van der Waals surface area contributed by atoms with E-state index in [-0.39, 0.29) is 18.9 Å². The number of hydrogen-bond donors (Lipinski definition) is 1. The number of carbonyl (C=O) groups excluding carboxylic acids is 1. The number of amides is 1. The lowest BCUT2D eigenvalue weighted by Gasteiger charge is -2.07. The summed E-state index contributed by atoms with van der Waals surface area (Å²) >= 11 is 3.42. The number of hydrogen-bond acceptors (Lipinski definition) is 5. The summed E-state index contributed by atoms with van der Waals surface area (Å²) in [5.41, 5.74) is 1.73. The van der Waals surface area contributed by atoms with Gasteiger partial charge in [0.2, 0.25) is 5.91 Å². The average molecular weight is 402 g/mol. The number of benzene rings is 2. The zero-order valence-corrected chi connectivity index (χ0v) is 15.1. The molecule has 7 nitrogen and oxygen atoms in total. The van der Waals surface area contributed by atoms with Gasteiger partial charge in [0.1, 0.15) is 5.75 Å².